The van der Waals surface area contributed by atoms with Crippen molar-refractivity contribution in [3.63, 3.8) is 0 Å². The first-order valence-electron chi connectivity index (χ1n) is 7.91. The molecular formula is C17H18Cl2N2O3. The summed E-state index contributed by atoms with van der Waals surface area (Å²) in [4.78, 5) is 40.2. The summed E-state index contributed by atoms with van der Waals surface area (Å²) in [6.45, 7) is 5.26. The minimum absolute atomic E-state index is 0.197. The number of hydrogen-bond donors (Lipinski definition) is 0. The minimum atomic E-state index is -0.500. The first-order valence-corrected chi connectivity index (χ1v) is 8.66. The first kappa shape index (κ1) is 17.2. The van der Waals surface area contributed by atoms with Crippen LogP contribution in [0.5, 0.6) is 0 Å². The van der Waals surface area contributed by atoms with Crippen molar-refractivity contribution in [3.05, 3.63) is 33.3 Å². The van der Waals surface area contributed by atoms with Gasteiger partial charge in [-0.3, -0.25) is 19.3 Å². The van der Waals surface area contributed by atoms with E-state index in [0.29, 0.717) is 24.9 Å². The van der Waals surface area contributed by atoms with Gasteiger partial charge in [0, 0.05) is 13.1 Å². The maximum absolute atomic E-state index is 12.5. The van der Waals surface area contributed by atoms with Crippen molar-refractivity contribution in [3.8, 4) is 0 Å². The number of amides is 3. The molecule has 1 aromatic carbocycles. The van der Waals surface area contributed by atoms with E-state index < -0.39 is 11.8 Å². The molecule has 1 aromatic rings. The molecule has 1 fully saturated rings. The van der Waals surface area contributed by atoms with Crippen molar-refractivity contribution < 1.29 is 14.4 Å². The third kappa shape index (κ3) is 3.03. The fourth-order valence-corrected chi connectivity index (χ4v) is 3.86. The number of piperidine rings is 1. The molecule has 24 heavy (non-hydrogen) atoms. The van der Waals surface area contributed by atoms with E-state index in [0.717, 1.165) is 11.3 Å². The Morgan fingerprint density at radius 2 is 1.50 bits per heavy atom. The molecule has 0 radical (unpaired) electrons. The number of rotatable bonds is 2. The van der Waals surface area contributed by atoms with Gasteiger partial charge in [0.25, 0.3) is 11.8 Å². The summed E-state index contributed by atoms with van der Waals surface area (Å²) >= 11 is 11.8. The monoisotopic (exact) mass is 368 g/mol. The Labute approximate surface area is 150 Å². The highest BCUT2D eigenvalue weighted by molar-refractivity contribution is 6.43. The van der Waals surface area contributed by atoms with E-state index in [2.05, 4.69) is 13.8 Å². The van der Waals surface area contributed by atoms with Crippen LogP contribution in [0.15, 0.2) is 12.1 Å². The molecule has 128 valence electrons. The molecular weight excluding hydrogens is 351 g/mol. The Morgan fingerprint density at radius 1 is 1.04 bits per heavy atom. The lowest BCUT2D eigenvalue weighted by Crippen LogP contribution is -2.48. The Balaban J connectivity index is 1.78. The van der Waals surface area contributed by atoms with Crippen LogP contribution in [0.25, 0.3) is 0 Å². The summed E-state index contributed by atoms with van der Waals surface area (Å²) in [5, 5.41) is 0.423. The summed E-state index contributed by atoms with van der Waals surface area (Å²) in [6, 6.07) is 2.77. The van der Waals surface area contributed by atoms with Gasteiger partial charge in [-0.05, 0) is 30.4 Å². The summed E-state index contributed by atoms with van der Waals surface area (Å²) in [5.41, 5.74) is 0.394. The lowest BCUT2D eigenvalue weighted by Gasteiger charge is -2.35. The fourth-order valence-electron chi connectivity index (χ4n) is 3.53. The standard InChI is InChI=1S/C17H18Cl2N2O3/c1-9-3-10(2)7-20(6-9)15(22)8-21-16(23)11-4-13(18)14(19)5-12(11)17(21)24/h4-5,9-10H,3,6-8H2,1-2H3. The van der Waals surface area contributed by atoms with Crippen LogP contribution < -0.4 is 0 Å². The average molecular weight is 369 g/mol. The second-order valence-corrected chi connectivity index (χ2v) is 7.57. The van der Waals surface area contributed by atoms with E-state index in [1.54, 1.807) is 4.90 Å². The SMILES string of the molecule is CC1CC(C)CN(C(=O)CN2C(=O)c3cc(Cl)c(Cl)cc3C2=O)C1. The van der Waals surface area contributed by atoms with Gasteiger partial charge in [-0.25, -0.2) is 0 Å². The number of imide groups is 1. The molecule has 2 unspecified atom stereocenters. The van der Waals surface area contributed by atoms with E-state index in [-0.39, 0.29) is 33.6 Å². The molecule has 0 spiro atoms. The van der Waals surface area contributed by atoms with Gasteiger partial charge in [-0.1, -0.05) is 37.0 Å². The number of benzene rings is 1. The molecule has 0 bridgehead atoms. The van der Waals surface area contributed by atoms with E-state index in [1.165, 1.54) is 12.1 Å². The Hall–Kier alpha value is -1.59. The summed E-state index contributed by atoms with van der Waals surface area (Å²) < 4.78 is 0. The lowest BCUT2D eigenvalue weighted by atomic mass is 9.92. The van der Waals surface area contributed by atoms with Crippen LogP contribution in [-0.4, -0.2) is 47.2 Å². The third-order valence-electron chi connectivity index (χ3n) is 4.53. The van der Waals surface area contributed by atoms with Gasteiger partial charge in [0.15, 0.2) is 0 Å². The van der Waals surface area contributed by atoms with Crippen molar-refractivity contribution in [2.24, 2.45) is 11.8 Å². The Kier molecular flexibility index (Phi) is 4.58. The summed E-state index contributed by atoms with van der Waals surface area (Å²) in [5.74, 6) is -0.380. The van der Waals surface area contributed by atoms with E-state index in [9.17, 15) is 14.4 Å². The number of likely N-dealkylation sites (tertiary alicyclic amines) is 1. The molecule has 0 aliphatic carbocycles. The van der Waals surface area contributed by atoms with E-state index >= 15 is 0 Å². The molecule has 7 heteroatoms. The Bertz CT molecular complexity index is 684. The quantitative estimate of drug-likeness (QED) is 0.753. The Morgan fingerprint density at radius 3 is 1.96 bits per heavy atom. The maximum atomic E-state index is 12.5. The van der Waals surface area contributed by atoms with Gasteiger partial charge < -0.3 is 4.90 Å². The van der Waals surface area contributed by atoms with Gasteiger partial charge in [0.2, 0.25) is 5.91 Å². The number of nitrogens with zero attached hydrogens (tertiary/aromatic N) is 2. The highest BCUT2D eigenvalue weighted by atomic mass is 35.5. The molecule has 2 aliphatic rings. The summed E-state index contributed by atoms with van der Waals surface area (Å²) in [6.07, 6.45) is 1.08. The molecule has 3 rings (SSSR count). The van der Waals surface area contributed by atoms with Crippen LogP contribution in [0.3, 0.4) is 0 Å². The molecule has 2 heterocycles. The maximum Gasteiger partial charge on any atom is 0.262 e. The number of hydrogen-bond acceptors (Lipinski definition) is 3. The van der Waals surface area contributed by atoms with Crippen molar-refractivity contribution in [1.29, 1.82) is 0 Å². The highest BCUT2D eigenvalue weighted by Gasteiger charge is 2.38. The fraction of sp³-hybridized carbons (Fsp3) is 0.471. The number of fused-ring (bicyclic) bond motifs is 1. The van der Waals surface area contributed by atoms with E-state index in [4.69, 9.17) is 23.2 Å². The van der Waals surface area contributed by atoms with Crippen LogP contribution in [-0.2, 0) is 4.79 Å². The minimum Gasteiger partial charge on any atom is -0.341 e. The van der Waals surface area contributed by atoms with Gasteiger partial charge in [0.1, 0.15) is 6.54 Å². The van der Waals surface area contributed by atoms with Crippen LogP contribution >= 0.6 is 23.2 Å². The van der Waals surface area contributed by atoms with Crippen LogP contribution in [0.2, 0.25) is 10.0 Å². The molecule has 2 atom stereocenters. The number of halogens is 2. The second-order valence-electron chi connectivity index (χ2n) is 6.75. The van der Waals surface area contributed by atoms with Gasteiger partial charge in [-0.15, -0.1) is 0 Å². The predicted molar refractivity (Wildman–Crippen MR) is 91.4 cm³/mol. The molecule has 0 aromatic heterocycles. The lowest BCUT2D eigenvalue weighted by molar-refractivity contribution is -0.134. The number of carbonyl (C=O) groups is 3. The highest BCUT2D eigenvalue weighted by Crippen LogP contribution is 2.31. The van der Waals surface area contributed by atoms with Crippen molar-refractivity contribution >= 4 is 40.9 Å². The van der Waals surface area contributed by atoms with Crippen molar-refractivity contribution in [1.82, 2.24) is 9.80 Å². The van der Waals surface area contributed by atoms with Crippen molar-refractivity contribution in [2.45, 2.75) is 20.3 Å². The molecule has 5 nitrogen and oxygen atoms in total. The molecule has 3 amide bonds. The smallest absolute Gasteiger partial charge is 0.262 e. The zero-order chi connectivity index (χ0) is 17.6. The first-order chi connectivity index (χ1) is 11.3. The molecule has 2 aliphatic heterocycles. The molecule has 0 saturated carbocycles. The van der Waals surface area contributed by atoms with Crippen LogP contribution in [0, 0.1) is 11.8 Å². The number of carbonyl (C=O) groups excluding carboxylic acids is 3. The average Bonchev–Trinajstić information content (AvgIpc) is 2.72. The molecule has 0 N–H and O–H groups in total. The van der Waals surface area contributed by atoms with Gasteiger partial charge in [-0.2, -0.15) is 0 Å². The zero-order valence-corrected chi connectivity index (χ0v) is 15.0. The van der Waals surface area contributed by atoms with Crippen molar-refractivity contribution in [2.75, 3.05) is 19.6 Å². The van der Waals surface area contributed by atoms with Gasteiger partial charge in [0.05, 0.1) is 21.2 Å². The third-order valence-corrected chi connectivity index (χ3v) is 5.25. The zero-order valence-electron chi connectivity index (χ0n) is 13.5. The predicted octanol–water partition coefficient (Wildman–Crippen LogP) is 3.09. The van der Waals surface area contributed by atoms with Gasteiger partial charge >= 0.3 is 0 Å². The topological polar surface area (TPSA) is 57.7 Å². The largest absolute Gasteiger partial charge is 0.341 e. The van der Waals surface area contributed by atoms with Crippen LogP contribution in [0.1, 0.15) is 41.0 Å². The normalized spacial score (nSPS) is 23.7. The summed E-state index contributed by atoms with van der Waals surface area (Å²) in [7, 11) is 0. The van der Waals surface area contributed by atoms with E-state index in [1.807, 2.05) is 0 Å². The van der Waals surface area contributed by atoms with Crippen LogP contribution in [0.4, 0.5) is 0 Å². The second kappa shape index (κ2) is 6.37. The molecule has 1 saturated heterocycles.